The first-order valence-electron chi connectivity index (χ1n) is 4.89. The van der Waals surface area contributed by atoms with Crippen molar-refractivity contribution in [3.05, 3.63) is 34.9 Å². The second-order valence-corrected chi connectivity index (χ2v) is 3.78. The number of ketones is 1. The van der Waals surface area contributed by atoms with Crippen LogP contribution in [0.4, 0.5) is 0 Å². The van der Waals surface area contributed by atoms with E-state index in [-0.39, 0.29) is 12.6 Å². The summed E-state index contributed by atoms with van der Waals surface area (Å²) in [5, 5.41) is 0. The minimum absolute atomic E-state index is 0.0922. The van der Waals surface area contributed by atoms with Gasteiger partial charge in [0.05, 0.1) is 0 Å². The molecule has 0 spiro atoms. The Hall–Kier alpha value is -1.77. The van der Waals surface area contributed by atoms with Crippen molar-refractivity contribution in [2.75, 3.05) is 6.79 Å². The summed E-state index contributed by atoms with van der Waals surface area (Å²) in [5.41, 5.74) is 2.58. The predicted molar refractivity (Wildman–Crippen MR) is 54.4 cm³/mol. The van der Waals surface area contributed by atoms with Crippen LogP contribution < -0.4 is 9.47 Å². The molecule has 3 nitrogen and oxygen atoms in total. The van der Waals surface area contributed by atoms with E-state index in [2.05, 4.69) is 0 Å². The molecule has 0 amide bonds. The number of fused-ring (bicyclic) bond motifs is 2. The van der Waals surface area contributed by atoms with Gasteiger partial charge in [-0.2, -0.15) is 0 Å². The van der Waals surface area contributed by atoms with Crippen molar-refractivity contribution in [2.45, 2.75) is 13.3 Å². The first-order chi connectivity index (χ1) is 7.25. The molecule has 0 saturated carbocycles. The molecule has 0 fully saturated rings. The summed E-state index contributed by atoms with van der Waals surface area (Å²) in [7, 11) is 0. The minimum Gasteiger partial charge on any atom is -0.454 e. The average molecular weight is 202 g/mol. The Morgan fingerprint density at radius 1 is 1.20 bits per heavy atom. The Morgan fingerprint density at radius 3 is 2.73 bits per heavy atom. The summed E-state index contributed by atoms with van der Waals surface area (Å²) in [6.07, 6.45) is 2.75. The van der Waals surface area contributed by atoms with E-state index < -0.39 is 0 Å². The fraction of sp³-hybridized carbons (Fsp3) is 0.250. The van der Waals surface area contributed by atoms with Crippen molar-refractivity contribution in [1.82, 2.24) is 0 Å². The number of allylic oxidation sites excluding steroid dienone is 2. The molecule has 1 aliphatic heterocycles. The van der Waals surface area contributed by atoms with Gasteiger partial charge in [0.15, 0.2) is 17.3 Å². The van der Waals surface area contributed by atoms with E-state index >= 15 is 0 Å². The highest BCUT2D eigenvalue weighted by molar-refractivity contribution is 6.10. The zero-order valence-corrected chi connectivity index (χ0v) is 8.37. The molecule has 0 N–H and O–H groups in total. The maximum absolute atomic E-state index is 11.9. The fourth-order valence-electron chi connectivity index (χ4n) is 1.93. The van der Waals surface area contributed by atoms with Crippen LogP contribution in [0.1, 0.15) is 22.8 Å². The van der Waals surface area contributed by atoms with Crippen LogP contribution in [0, 0.1) is 0 Å². The van der Waals surface area contributed by atoms with Gasteiger partial charge in [0.1, 0.15) is 0 Å². The van der Waals surface area contributed by atoms with Crippen molar-refractivity contribution >= 4 is 5.78 Å². The molecule has 1 heterocycles. The highest BCUT2D eigenvalue weighted by atomic mass is 16.7. The standard InChI is InChI=1S/C12H10O3/c1-7-2-3-8-4-10-11(15-6-14-10)5-9(8)12(7)13/h2,4-5H,3,6H2,1H3. The number of hydrogen-bond donors (Lipinski definition) is 0. The van der Waals surface area contributed by atoms with Crippen LogP contribution in [0.25, 0.3) is 0 Å². The number of ether oxygens (including phenoxy) is 2. The van der Waals surface area contributed by atoms with E-state index in [1.54, 1.807) is 6.07 Å². The fourth-order valence-corrected chi connectivity index (χ4v) is 1.93. The van der Waals surface area contributed by atoms with Gasteiger partial charge in [0.2, 0.25) is 6.79 Å². The second kappa shape index (κ2) is 2.86. The normalized spacial score (nSPS) is 17.4. The van der Waals surface area contributed by atoms with Gasteiger partial charge in [0, 0.05) is 5.56 Å². The van der Waals surface area contributed by atoms with E-state index in [0.717, 1.165) is 28.9 Å². The maximum atomic E-state index is 11.9. The lowest BCUT2D eigenvalue weighted by Gasteiger charge is -2.13. The molecule has 2 aliphatic rings. The van der Waals surface area contributed by atoms with Crippen LogP contribution >= 0.6 is 0 Å². The molecule has 0 atom stereocenters. The van der Waals surface area contributed by atoms with Gasteiger partial charge in [-0.25, -0.2) is 0 Å². The number of rotatable bonds is 0. The van der Waals surface area contributed by atoms with Crippen LogP contribution in [0.5, 0.6) is 11.5 Å². The van der Waals surface area contributed by atoms with E-state index in [4.69, 9.17) is 9.47 Å². The number of Topliss-reactive ketones (excluding diaryl/α,β-unsaturated/α-hetero) is 1. The third kappa shape index (κ3) is 1.16. The van der Waals surface area contributed by atoms with Gasteiger partial charge in [-0.05, 0) is 36.6 Å². The lowest BCUT2D eigenvalue weighted by Crippen LogP contribution is -2.10. The van der Waals surface area contributed by atoms with Crippen molar-refractivity contribution < 1.29 is 14.3 Å². The van der Waals surface area contributed by atoms with Crippen molar-refractivity contribution in [3.8, 4) is 11.5 Å². The van der Waals surface area contributed by atoms with E-state index in [1.165, 1.54) is 0 Å². The first kappa shape index (κ1) is 8.53. The van der Waals surface area contributed by atoms with E-state index in [0.29, 0.717) is 5.75 Å². The average Bonchev–Trinajstić information content (AvgIpc) is 2.68. The number of hydrogen-bond acceptors (Lipinski definition) is 3. The Balaban J connectivity index is 2.17. The van der Waals surface area contributed by atoms with Crippen molar-refractivity contribution in [1.29, 1.82) is 0 Å². The number of benzene rings is 1. The Morgan fingerprint density at radius 2 is 1.93 bits per heavy atom. The monoisotopic (exact) mass is 202 g/mol. The van der Waals surface area contributed by atoms with E-state index in [1.807, 2.05) is 19.1 Å². The van der Waals surface area contributed by atoms with Gasteiger partial charge >= 0.3 is 0 Å². The molecule has 3 heteroatoms. The summed E-state index contributed by atoms with van der Waals surface area (Å²) in [5.74, 6) is 1.51. The van der Waals surface area contributed by atoms with Crippen molar-refractivity contribution in [3.63, 3.8) is 0 Å². The molecule has 15 heavy (non-hydrogen) atoms. The molecule has 0 bridgehead atoms. The predicted octanol–water partition coefficient (Wildman–Crippen LogP) is 2.10. The van der Waals surface area contributed by atoms with Crippen LogP contribution in [0.15, 0.2) is 23.8 Å². The van der Waals surface area contributed by atoms with Gasteiger partial charge < -0.3 is 9.47 Å². The minimum atomic E-state index is 0.0922. The van der Waals surface area contributed by atoms with Gasteiger partial charge in [-0.15, -0.1) is 0 Å². The van der Waals surface area contributed by atoms with Crippen LogP contribution in [0.2, 0.25) is 0 Å². The molecule has 1 aromatic carbocycles. The Bertz CT molecular complexity index is 486. The maximum Gasteiger partial charge on any atom is 0.231 e. The molecule has 76 valence electrons. The smallest absolute Gasteiger partial charge is 0.231 e. The molecule has 0 unspecified atom stereocenters. The zero-order valence-electron chi connectivity index (χ0n) is 8.37. The molecule has 1 aromatic rings. The third-order valence-electron chi connectivity index (χ3n) is 2.83. The summed E-state index contributed by atoms with van der Waals surface area (Å²) in [4.78, 5) is 11.9. The SMILES string of the molecule is CC1=CCc2cc3c(cc2C1=O)OCO3. The largest absolute Gasteiger partial charge is 0.454 e. The Kier molecular flexibility index (Phi) is 1.63. The lowest BCUT2D eigenvalue weighted by molar-refractivity contribution is 0.103. The van der Waals surface area contributed by atoms with E-state index in [9.17, 15) is 4.79 Å². The molecule has 0 saturated heterocycles. The Labute approximate surface area is 87.3 Å². The van der Waals surface area contributed by atoms with Crippen LogP contribution in [-0.4, -0.2) is 12.6 Å². The van der Waals surface area contributed by atoms with Crippen LogP contribution in [0.3, 0.4) is 0 Å². The molecule has 3 rings (SSSR count). The lowest BCUT2D eigenvalue weighted by atomic mass is 9.91. The highest BCUT2D eigenvalue weighted by Gasteiger charge is 2.23. The molecular formula is C12H10O3. The molecule has 1 aliphatic carbocycles. The second-order valence-electron chi connectivity index (χ2n) is 3.78. The summed E-state index contributed by atoms with van der Waals surface area (Å²) >= 11 is 0. The summed E-state index contributed by atoms with van der Waals surface area (Å²) < 4.78 is 10.5. The van der Waals surface area contributed by atoms with Crippen LogP contribution in [-0.2, 0) is 6.42 Å². The molecule has 0 aromatic heterocycles. The molecular weight excluding hydrogens is 192 g/mol. The zero-order chi connectivity index (χ0) is 10.4. The number of carbonyl (C=O) groups is 1. The summed E-state index contributed by atoms with van der Waals surface area (Å²) in [6.45, 7) is 2.09. The van der Waals surface area contributed by atoms with Gasteiger partial charge in [-0.1, -0.05) is 6.08 Å². The third-order valence-corrected chi connectivity index (χ3v) is 2.83. The quantitative estimate of drug-likeness (QED) is 0.646. The first-order valence-corrected chi connectivity index (χ1v) is 4.89. The highest BCUT2D eigenvalue weighted by Crippen LogP contribution is 2.37. The number of carbonyl (C=O) groups excluding carboxylic acids is 1. The van der Waals surface area contributed by atoms with Gasteiger partial charge in [-0.3, -0.25) is 4.79 Å². The molecule has 0 radical (unpaired) electrons. The summed E-state index contributed by atoms with van der Waals surface area (Å²) in [6, 6.07) is 3.69. The van der Waals surface area contributed by atoms with Gasteiger partial charge in [0.25, 0.3) is 0 Å². The van der Waals surface area contributed by atoms with Crippen molar-refractivity contribution in [2.24, 2.45) is 0 Å². The topological polar surface area (TPSA) is 35.5 Å².